The number of aryl methyl sites for hydroxylation is 1. The van der Waals surface area contributed by atoms with Crippen molar-refractivity contribution < 1.29 is 9.59 Å². The van der Waals surface area contributed by atoms with Gasteiger partial charge in [0.05, 0.1) is 5.56 Å². The second-order valence-corrected chi connectivity index (χ2v) is 6.90. The molecule has 0 heterocycles. The standard InChI is InChI=1S/C17H23IN2O2/c1-12-6-5-9-14(15(12)18)17(22)20-11-10-19-16(21)13-7-3-2-4-8-13/h5-6,9,13H,2-4,7-8,10-11H2,1H3,(H,19,21)(H,20,22). The van der Waals surface area contributed by atoms with Gasteiger partial charge in [0.25, 0.3) is 5.91 Å². The third kappa shape index (κ3) is 4.69. The van der Waals surface area contributed by atoms with Crippen molar-refractivity contribution >= 4 is 34.4 Å². The molecule has 120 valence electrons. The van der Waals surface area contributed by atoms with Gasteiger partial charge in [0.1, 0.15) is 0 Å². The maximum Gasteiger partial charge on any atom is 0.252 e. The van der Waals surface area contributed by atoms with E-state index in [4.69, 9.17) is 0 Å². The molecule has 0 radical (unpaired) electrons. The zero-order chi connectivity index (χ0) is 15.9. The molecule has 1 fully saturated rings. The van der Waals surface area contributed by atoms with E-state index in [2.05, 4.69) is 33.2 Å². The number of benzene rings is 1. The van der Waals surface area contributed by atoms with Gasteiger partial charge in [-0.3, -0.25) is 9.59 Å². The van der Waals surface area contributed by atoms with E-state index in [0.29, 0.717) is 18.7 Å². The first-order valence-corrected chi connectivity index (χ1v) is 8.98. The number of halogens is 1. The molecule has 0 aromatic heterocycles. The minimum Gasteiger partial charge on any atom is -0.354 e. The first-order valence-electron chi connectivity index (χ1n) is 7.90. The summed E-state index contributed by atoms with van der Waals surface area (Å²) in [5.74, 6) is 0.223. The Labute approximate surface area is 145 Å². The maximum atomic E-state index is 12.1. The smallest absolute Gasteiger partial charge is 0.252 e. The quantitative estimate of drug-likeness (QED) is 0.575. The van der Waals surface area contributed by atoms with E-state index in [1.165, 1.54) is 6.42 Å². The van der Waals surface area contributed by atoms with E-state index in [0.717, 1.165) is 34.8 Å². The highest BCUT2D eigenvalue weighted by Crippen LogP contribution is 2.23. The predicted molar refractivity (Wildman–Crippen MR) is 95.8 cm³/mol. The lowest BCUT2D eigenvalue weighted by atomic mass is 9.89. The molecule has 1 aromatic carbocycles. The minimum absolute atomic E-state index is 0.0833. The number of carbonyl (C=O) groups excluding carboxylic acids is 2. The zero-order valence-corrected chi connectivity index (χ0v) is 15.1. The van der Waals surface area contributed by atoms with Gasteiger partial charge in [-0.1, -0.05) is 31.4 Å². The fourth-order valence-corrected chi connectivity index (χ4v) is 3.39. The highest BCUT2D eigenvalue weighted by Gasteiger charge is 2.20. The molecule has 0 aliphatic heterocycles. The van der Waals surface area contributed by atoms with Crippen molar-refractivity contribution in [3.63, 3.8) is 0 Å². The zero-order valence-electron chi connectivity index (χ0n) is 13.0. The van der Waals surface area contributed by atoms with E-state index in [9.17, 15) is 9.59 Å². The molecule has 0 bridgehead atoms. The fraction of sp³-hybridized carbons (Fsp3) is 0.529. The van der Waals surface area contributed by atoms with Gasteiger partial charge in [-0.2, -0.15) is 0 Å². The Morgan fingerprint density at radius 2 is 1.82 bits per heavy atom. The van der Waals surface area contributed by atoms with Crippen molar-refractivity contribution in [3.8, 4) is 0 Å². The molecular formula is C17H23IN2O2. The van der Waals surface area contributed by atoms with Crippen LogP contribution < -0.4 is 10.6 Å². The van der Waals surface area contributed by atoms with Crippen molar-refractivity contribution in [1.29, 1.82) is 0 Å². The summed E-state index contributed by atoms with van der Waals surface area (Å²) in [5.41, 5.74) is 1.79. The lowest BCUT2D eigenvalue weighted by molar-refractivity contribution is -0.125. The van der Waals surface area contributed by atoms with Crippen molar-refractivity contribution in [3.05, 3.63) is 32.9 Å². The van der Waals surface area contributed by atoms with Gasteiger partial charge in [-0.15, -0.1) is 0 Å². The highest BCUT2D eigenvalue weighted by molar-refractivity contribution is 14.1. The van der Waals surface area contributed by atoms with E-state index in [1.54, 1.807) is 0 Å². The first kappa shape index (κ1) is 17.2. The molecule has 0 unspecified atom stereocenters. The van der Waals surface area contributed by atoms with E-state index < -0.39 is 0 Å². The van der Waals surface area contributed by atoms with Crippen LogP contribution in [0.25, 0.3) is 0 Å². The van der Waals surface area contributed by atoms with Crippen LogP contribution in [0.1, 0.15) is 48.0 Å². The second kappa shape index (κ2) is 8.50. The first-order chi connectivity index (χ1) is 10.6. The number of nitrogens with one attached hydrogen (secondary N) is 2. The molecule has 1 aliphatic carbocycles. The third-order valence-corrected chi connectivity index (χ3v) is 5.55. The molecule has 1 aromatic rings. The van der Waals surface area contributed by atoms with Crippen LogP contribution in [0.15, 0.2) is 18.2 Å². The van der Waals surface area contributed by atoms with Crippen molar-refractivity contribution in [1.82, 2.24) is 10.6 Å². The fourth-order valence-electron chi connectivity index (χ4n) is 2.79. The summed E-state index contributed by atoms with van der Waals surface area (Å²) in [6.07, 6.45) is 5.55. The van der Waals surface area contributed by atoms with Gasteiger partial charge in [-0.25, -0.2) is 0 Å². The molecule has 0 saturated heterocycles. The van der Waals surface area contributed by atoms with Crippen molar-refractivity contribution in [2.24, 2.45) is 5.92 Å². The minimum atomic E-state index is -0.0833. The number of amides is 2. The average Bonchev–Trinajstić information content (AvgIpc) is 2.54. The maximum absolute atomic E-state index is 12.1. The summed E-state index contributed by atoms with van der Waals surface area (Å²) in [5, 5.41) is 5.80. The van der Waals surface area contributed by atoms with Crippen LogP contribution in [0.2, 0.25) is 0 Å². The lowest BCUT2D eigenvalue weighted by Gasteiger charge is -2.20. The third-order valence-electron chi connectivity index (χ3n) is 4.12. The van der Waals surface area contributed by atoms with E-state index in [-0.39, 0.29) is 17.7 Å². The Kier molecular flexibility index (Phi) is 6.67. The molecule has 0 atom stereocenters. The number of hydrogen-bond donors (Lipinski definition) is 2. The Hall–Kier alpha value is -1.11. The lowest BCUT2D eigenvalue weighted by Crippen LogP contribution is -2.38. The second-order valence-electron chi connectivity index (χ2n) is 5.82. The molecule has 1 saturated carbocycles. The van der Waals surface area contributed by atoms with Crippen LogP contribution in [0.4, 0.5) is 0 Å². The van der Waals surface area contributed by atoms with Crippen molar-refractivity contribution in [2.75, 3.05) is 13.1 Å². The monoisotopic (exact) mass is 414 g/mol. The Morgan fingerprint density at radius 1 is 1.14 bits per heavy atom. The van der Waals surface area contributed by atoms with Gasteiger partial charge in [0.15, 0.2) is 0 Å². The van der Waals surface area contributed by atoms with Crippen LogP contribution in [0, 0.1) is 16.4 Å². The summed E-state index contributed by atoms with van der Waals surface area (Å²) in [6, 6.07) is 5.70. The molecule has 5 heteroatoms. The van der Waals surface area contributed by atoms with E-state index in [1.807, 2.05) is 25.1 Å². The summed E-state index contributed by atoms with van der Waals surface area (Å²) in [6.45, 7) is 2.94. The largest absolute Gasteiger partial charge is 0.354 e. The Bertz CT molecular complexity index is 539. The molecule has 0 spiro atoms. The Balaban J connectivity index is 1.73. The van der Waals surface area contributed by atoms with Gasteiger partial charge >= 0.3 is 0 Å². The molecule has 2 rings (SSSR count). The van der Waals surface area contributed by atoms with Crippen LogP contribution >= 0.6 is 22.6 Å². The van der Waals surface area contributed by atoms with Crippen LogP contribution in [-0.2, 0) is 4.79 Å². The van der Waals surface area contributed by atoms with Crippen molar-refractivity contribution in [2.45, 2.75) is 39.0 Å². The van der Waals surface area contributed by atoms with Gasteiger partial charge in [0, 0.05) is 22.6 Å². The number of rotatable bonds is 5. The molecular weight excluding hydrogens is 391 g/mol. The van der Waals surface area contributed by atoms with Crippen LogP contribution in [-0.4, -0.2) is 24.9 Å². The van der Waals surface area contributed by atoms with Gasteiger partial charge in [0.2, 0.25) is 5.91 Å². The average molecular weight is 414 g/mol. The number of carbonyl (C=O) groups is 2. The van der Waals surface area contributed by atoms with Crippen LogP contribution in [0.5, 0.6) is 0 Å². The Morgan fingerprint density at radius 3 is 2.55 bits per heavy atom. The summed E-state index contributed by atoms with van der Waals surface area (Å²) in [4.78, 5) is 24.1. The normalized spacial score (nSPS) is 15.4. The summed E-state index contributed by atoms with van der Waals surface area (Å²) >= 11 is 2.19. The summed E-state index contributed by atoms with van der Waals surface area (Å²) in [7, 11) is 0. The van der Waals surface area contributed by atoms with Crippen LogP contribution in [0.3, 0.4) is 0 Å². The molecule has 2 amide bonds. The van der Waals surface area contributed by atoms with Gasteiger partial charge < -0.3 is 10.6 Å². The van der Waals surface area contributed by atoms with E-state index >= 15 is 0 Å². The number of hydrogen-bond acceptors (Lipinski definition) is 2. The molecule has 1 aliphatic rings. The SMILES string of the molecule is Cc1cccc(C(=O)NCCNC(=O)C2CCCCC2)c1I. The topological polar surface area (TPSA) is 58.2 Å². The predicted octanol–water partition coefficient (Wildman–Crippen LogP) is 3.03. The van der Waals surface area contributed by atoms with Gasteiger partial charge in [-0.05, 0) is 54.0 Å². The summed E-state index contributed by atoms with van der Waals surface area (Å²) < 4.78 is 0.976. The highest BCUT2D eigenvalue weighted by atomic mass is 127. The molecule has 2 N–H and O–H groups in total. The molecule has 22 heavy (non-hydrogen) atoms. The molecule has 4 nitrogen and oxygen atoms in total.